The predicted molar refractivity (Wildman–Crippen MR) is 120 cm³/mol. The molecule has 1 unspecified atom stereocenters. The van der Waals surface area contributed by atoms with Gasteiger partial charge in [0, 0.05) is 31.9 Å². The molecule has 0 saturated carbocycles. The summed E-state index contributed by atoms with van der Waals surface area (Å²) >= 11 is 0. The van der Waals surface area contributed by atoms with E-state index in [2.05, 4.69) is 41.0 Å². The molecule has 1 atom stereocenters. The summed E-state index contributed by atoms with van der Waals surface area (Å²) in [5.41, 5.74) is 3.16. The molecule has 1 heterocycles. The summed E-state index contributed by atoms with van der Waals surface area (Å²) in [7, 11) is 1.48. The number of benzene rings is 2. The van der Waals surface area contributed by atoms with Crippen LogP contribution in [-0.2, 0) is 21.4 Å². The van der Waals surface area contributed by atoms with Crippen molar-refractivity contribution in [2.45, 2.75) is 38.5 Å². The van der Waals surface area contributed by atoms with Crippen LogP contribution in [0.1, 0.15) is 37.8 Å². The molecule has 0 N–H and O–H groups in total. The fraction of sp³-hybridized carbons (Fsp3) is 0.480. The largest absolute Gasteiger partial charge is 0.468 e. The molecule has 3 rings (SSSR count). The van der Waals surface area contributed by atoms with Crippen molar-refractivity contribution in [1.82, 2.24) is 4.90 Å². The van der Waals surface area contributed by atoms with Gasteiger partial charge in [0.2, 0.25) is 0 Å². The molecule has 0 bridgehead atoms. The first-order valence-corrected chi connectivity index (χ1v) is 10.8. The molecular formula is C25H34N2O2. The topological polar surface area (TPSA) is 32.8 Å². The zero-order valence-electron chi connectivity index (χ0n) is 18.1. The third kappa shape index (κ3) is 5.18. The molecule has 0 aromatic heterocycles. The summed E-state index contributed by atoms with van der Waals surface area (Å²) in [5.74, 6) is -0.149. The fourth-order valence-corrected chi connectivity index (χ4v) is 4.22. The van der Waals surface area contributed by atoms with Gasteiger partial charge in [0.1, 0.15) is 0 Å². The van der Waals surface area contributed by atoms with Crippen LogP contribution in [0.3, 0.4) is 0 Å². The minimum Gasteiger partial charge on any atom is -0.468 e. The van der Waals surface area contributed by atoms with E-state index in [0.29, 0.717) is 0 Å². The van der Waals surface area contributed by atoms with Gasteiger partial charge in [0.25, 0.3) is 0 Å². The number of carbonyl (C=O) groups is 1. The van der Waals surface area contributed by atoms with Gasteiger partial charge in [-0.1, -0.05) is 49.4 Å². The highest BCUT2D eigenvalue weighted by Gasteiger charge is 2.35. The van der Waals surface area contributed by atoms with Gasteiger partial charge in [-0.3, -0.25) is 9.69 Å². The molecule has 2 aromatic rings. The van der Waals surface area contributed by atoms with Gasteiger partial charge in [0.05, 0.1) is 12.5 Å². The molecule has 1 fully saturated rings. The Labute approximate surface area is 175 Å². The molecular weight excluding hydrogens is 360 g/mol. The van der Waals surface area contributed by atoms with Crippen LogP contribution in [0.4, 0.5) is 5.69 Å². The smallest absolute Gasteiger partial charge is 0.315 e. The Balaban J connectivity index is 1.51. The number of hydrogen-bond donors (Lipinski definition) is 0. The summed E-state index contributed by atoms with van der Waals surface area (Å²) < 4.78 is 5.13. The lowest BCUT2D eigenvalue weighted by Crippen LogP contribution is -2.47. The summed E-state index contributed by atoms with van der Waals surface area (Å²) in [5, 5.41) is 0. The minimum atomic E-state index is -0.584. The summed E-state index contributed by atoms with van der Waals surface area (Å²) in [6.45, 7) is 9.45. The number of hydrogen-bond acceptors (Lipinski definition) is 4. The van der Waals surface area contributed by atoms with Gasteiger partial charge in [0.15, 0.2) is 0 Å². The van der Waals surface area contributed by atoms with Crippen molar-refractivity contribution in [3.63, 3.8) is 0 Å². The summed E-state index contributed by atoms with van der Waals surface area (Å²) in [6, 6.07) is 19.0. The van der Waals surface area contributed by atoms with E-state index >= 15 is 0 Å². The van der Waals surface area contributed by atoms with E-state index in [4.69, 9.17) is 4.74 Å². The van der Waals surface area contributed by atoms with Gasteiger partial charge in [-0.25, -0.2) is 0 Å². The third-order valence-corrected chi connectivity index (χ3v) is 6.28. The zero-order valence-corrected chi connectivity index (χ0v) is 18.1. The molecule has 0 aliphatic carbocycles. The van der Waals surface area contributed by atoms with Crippen molar-refractivity contribution in [3.8, 4) is 0 Å². The quantitative estimate of drug-likeness (QED) is 0.626. The van der Waals surface area contributed by atoms with Crippen LogP contribution in [0.2, 0.25) is 0 Å². The number of esters is 1. The van der Waals surface area contributed by atoms with Crippen LogP contribution in [0, 0.1) is 0 Å². The summed E-state index contributed by atoms with van der Waals surface area (Å²) in [4.78, 5) is 17.5. The lowest BCUT2D eigenvalue weighted by atomic mass is 9.78. The van der Waals surface area contributed by atoms with E-state index in [1.807, 2.05) is 37.3 Å². The molecule has 156 valence electrons. The Hall–Kier alpha value is -2.33. The third-order valence-electron chi connectivity index (χ3n) is 6.28. The molecule has 0 amide bonds. The maximum Gasteiger partial charge on any atom is 0.315 e. The number of nitrogens with zero attached hydrogens (tertiary/aromatic N) is 2. The number of ether oxygens (including phenoxy) is 1. The van der Waals surface area contributed by atoms with Crippen LogP contribution < -0.4 is 4.90 Å². The fourth-order valence-electron chi connectivity index (χ4n) is 4.22. The second-order valence-corrected chi connectivity index (χ2v) is 8.14. The highest BCUT2D eigenvalue weighted by molar-refractivity contribution is 5.82. The maximum atomic E-state index is 12.5. The van der Waals surface area contributed by atoms with Crippen molar-refractivity contribution in [2.24, 2.45) is 0 Å². The highest BCUT2D eigenvalue weighted by Crippen LogP contribution is 2.30. The van der Waals surface area contributed by atoms with Gasteiger partial charge in [-0.2, -0.15) is 0 Å². The average Bonchev–Trinajstić information content (AvgIpc) is 2.79. The molecule has 4 nitrogen and oxygen atoms in total. The molecule has 1 aliphatic rings. The van der Waals surface area contributed by atoms with Crippen LogP contribution >= 0.6 is 0 Å². The van der Waals surface area contributed by atoms with Gasteiger partial charge >= 0.3 is 5.97 Å². The molecule has 29 heavy (non-hydrogen) atoms. The Morgan fingerprint density at radius 2 is 1.66 bits per heavy atom. The molecule has 0 radical (unpaired) electrons. The van der Waals surface area contributed by atoms with E-state index in [9.17, 15) is 4.79 Å². The van der Waals surface area contributed by atoms with Crippen molar-refractivity contribution < 1.29 is 9.53 Å². The number of anilines is 1. The van der Waals surface area contributed by atoms with Crippen LogP contribution in [-0.4, -0.2) is 50.7 Å². The Kier molecular flexibility index (Phi) is 7.32. The standard InChI is InChI=1S/C25H34N2O2/c1-4-21-11-13-23(14-12-21)27-19-17-26(18-20-27)16-8-15-25(2,24(28)29-3)22-9-6-5-7-10-22/h5-7,9-14H,4,8,15-20H2,1-3H3. The van der Waals surface area contributed by atoms with Crippen molar-refractivity contribution in [1.29, 1.82) is 0 Å². The first-order chi connectivity index (χ1) is 14.1. The molecule has 1 saturated heterocycles. The molecule has 0 spiro atoms. The van der Waals surface area contributed by atoms with E-state index in [0.717, 1.165) is 57.5 Å². The Bertz CT molecular complexity index is 767. The van der Waals surface area contributed by atoms with Gasteiger partial charge in [-0.15, -0.1) is 0 Å². The first-order valence-electron chi connectivity index (χ1n) is 10.8. The second-order valence-electron chi connectivity index (χ2n) is 8.14. The van der Waals surface area contributed by atoms with Gasteiger partial charge in [-0.05, 0) is 56.0 Å². The average molecular weight is 395 g/mol. The second kappa shape index (κ2) is 9.93. The lowest BCUT2D eigenvalue weighted by Gasteiger charge is -2.36. The van der Waals surface area contributed by atoms with Crippen molar-refractivity contribution in [2.75, 3.05) is 44.7 Å². The van der Waals surface area contributed by atoms with Gasteiger partial charge < -0.3 is 9.64 Å². The number of rotatable bonds is 8. The number of carbonyl (C=O) groups excluding carboxylic acids is 1. The molecule has 2 aromatic carbocycles. The highest BCUT2D eigenvalue weighted by atomic mass is 16.5. The summed E-state index contributed by atoms with van der Waals surface area (Å²) in [6.07, 6.45) is 2.86. The Morgan fingerprint density at radius 3 is 2.24 bits per heavy atom. The number of aryl methyl sites for hydroxylation is 1. The van der Waals surface area contributed by atoms with E-state index < -0.39 is 5.41 Å². The van der Waals surface area contributed by atoms with E-state index in [1.165, 1.54) is 18.4 Å². The van der Waals surface area contributed by atoms with E-state index in [-0.39, 0.29) is 5.97 Å². The van der Waals surface area contributed by atoms with Crippen LogP contribution in [0.25, 0.3) is 0 Å². The predicted octanol–water partition coefficient (Wildman–Crippen LogP) is 4.28. The monoisotopic (exact) mass is 394 g/mol. The van der Waals surface area contributed by atoms with E-state index in [1.54, 1.807) is 0 Å². The Morgan fingerprint density at radius 1 is 1.00 bits per heavy atom. The minimum absolute atomic E-state index is 0.149. The number of piperazine rings is 1. The lowest BCUT2D eigenvalue weighted by molar-refractivity contribution is -0.147. The van der Waals surface area contributed by atoms with Crippen molar-refractivity contribution in [3.05, 3.63) is 65.7 Å². The van der Waals surface area contributed by atoms with Crippen molar-refractivity contribution >= 4 is 11.7 Å². The van der Waals surface area contributed by atoms with Crippen LogP contribution in [0.5, 0.6) is 0 Å². The maximum absolute atomic E-state index is 12.5. The molecule has 4 heteroatoms. The zero-order chi connectivity index (χ0) is 20.7. The normalized spacial score (nSPS) is 17.0. The number of methoxy groups -OCH3 is 1. The van der Waals surface area contributed by atoms with Crippen LogP contribution in [0.15, 0.2) is 54.6 Å². The SMILES string of the molecule is CCc1ccc(N2CCN(CCCC(C)(C(=O)OC)c3ccccc3)CC2)cc1. The molecule has 1 aliphatic heterocycles. The first kappa shape index (κ1) is 21.4.